The molecule has 9 heteroatoms. The van der Waals surface area contributed by atoms with Crippen LogP contribution >= 0.6 is 0 Å². The highest BCUT2D eigenvalue weighted by Crippen LogP contribution is 2.15. The van der Waals surface area contributed by atoms with E-state index in [1.54, 1.807) is 19.0 Å². The van der Waals surface area contributed by atoms with Crippen LogP contribution in [0.25, 0.3) is 0 Å². The molecule has 0 spiro atoms. The number of nitrogens with zero attached hydrogens (tertiary/aromatic N) is 6. The highest BCUT2D eigenvalue weighted by Gasteiger charge is 2.25. The molecule has 1 fully saturated rings. The topological polar surface area (TPSA) is 76.9 Å². The Morgan fingerprint density at radius 1 is 1.19 bits per heavy atom. The average molecular weight is 377 g/mol. The van der Waals surface area contributed by atoms with Crippen molar-refractivity contribution in [1.29, 1.82) is 0 Å². The van der Waals surface area contributed by atoms with E-state index in [2.05, 4.69) is 27.3 Å². The number of likely N-dealkylation sites (N-methyl/N-ethyl adjacent to an activating group) is 1. The Hall–Kier alpha value is -2.13. The van der Waals surface area contributed by atoms with E-state index in [4.69, 9.17) is 0 Å². The number of fused-ring (bicyclic) bond motifs is 1. The highest BCUT2D eigenvalue weighted by atomic mass is 16.2. The molecule has 0 saturated carbocycles. The average Bonchev–Trinajstić information content (AvgIpc) is 3.07. The van der Waals surface area contributed by atoms with Crippen LogP contribution < -0.4 is 5.32 Å². The van der Waals surface area contributed by atoms with Crippen LogP contribution in [0.5, 0.6) is 0 Å². The molecule has 1 saturated heterocycles. The molecule has 150 valence electrons. The quantitative estimate of drug-likeness (QED) is 0.775. The summed E-state index contributed by atoms with van der Waals surface area (Å²) < 4.78 is 1.94. The summed E-state index contributed by atoms with van der Waals surface area (Å²) >= 11 is 0. The van der Waals surface area contributed by atoms with Gasteiger partial charge in [0.05, 0.1) is 37.1 Å². The molecule has 9 nitrogen and oxygen atoms in total. The van der Waals surface area contributed by atoms with Crippen molar-refractivity contribution in [3.05, 3.63) is 17.5 Å². The minimum Gasteiger partial charge on any atom is -0.349 e. The largest absolute Gasteiger partial charge is 0.349 e. The third-order valence-corrected chi connectivity index (χ3v) is 5.41. The summed E-state index contributed by atoms with van der Waals surface area (Å²) in [4.78, 5) is 32.5. The molecule has 0 bridgehead atoms. The van der Waals surface area contributed by atoms with E-state index in [9.17, 15) is 9.59 Å². The summed E-state index contributed by atoms with van der Waals surface area (Å²) in [7, 11) is 5.63. The van der Waals surface area contributed by atoms with Gasteiger partial charge in [-0.05, 0) is 20.0 Å². The SMILES string of the molecule is CC(C(=O)NCc1cc2n(n1)CCN(C(=O)N(C)C)C2)N1CCN(C)CC1. The number of hydrogen-bond acceptors (Lipinski definition) is 5. The molecule has 1 atom stereocenters. The normalized spacial score (nSPS) is 19.5. The minimum atomic E-state index is -0.135. The number of aromatic nitrogens is 2. The van der Waals surface area contributed by atoms with E-state index >= 15 is 0 Å². The lowest BCUT2D eigenvalue weighted by Gasteiger charge is -2.35. The van der Waals surface area contributed by atoms with E-state index in [-0.39, 0.29) is 18.0 Å². The highest BCUT2D eigenvalue weighted by molar-refractivity contribution is 5.81. The first kappa shape index (κ1) is 19.6. The summed E-state index contributed by atoms with van der Waals surface area (Å²) in [5.74, 6) is 0.0370. The van der Waals surface area contributed by atoms with E-state index in [1.807, 2.05) is 22.6 Å². The first-order chi connectivity index (χ1) is 12.8. The number of piperazine rings is 1. The Morgan fingerprint density at radius 2 is 1.89 bits per heavy atom. The summed E-state index contributed by atoms with van der Waals surface area (Å²) in [6.07, 6.45) is 0. The predicted octanol–water partition coefficient (Wildman–Crippen LogP) is -0.368. The maximum atomic E-state index is 12.5. The molecule has 3 amide bonds. The van der Waals surface area contributed by atoms with Crippen molar-refractivity contribution >= 4 is 11.9 Å². The van der Waals surface area contributed by atoms with Crippen molar-refractivity contribution in [1.82, 2.24) is 34.7 Å². The Bertz CT molecular complexity index is 679. The Morgan fingerprint density at radius 3 is 2.56 bits per heavy atom. The first-order valence-corrected chi connectivity index (χ1v) is 9.57. The van der Waals surface area contributed by atoms with Crippen LogP contribution in [0.4, 0.5) is 4.79 Å². The van der Waals surface area contributed by atoms with Gasteiger partial charge >= 0.3 is 6.03 Å². The van der Waals surface area contributed by atoms with Crippen molar-refractivity contribution < 1.29 is 9.59 Å². The Kier molecular flexibility index (Phi) is 6.01. The number of hydrogen-bond donors (Lipinski definition) is 1. The molecule has 3 rings (SSSR count). The molecule has 2 aliphatic heterocycles. The van der Waals surface area contributed by atoms with Crippen molar-refractivity contribution in [2.75, 3.05) is 53.9 Å². The predicted molar refractivity (Wildman–Crippen MR) is 102 cm³/mol. The van der Waals surface area contributed by atoms with Crippen molar-refractivity contribution in [2.24, 2.45) is 0 Å². The van der Waals surface area contributed by atoms with Gasteiger partial charge in [-0.15, -0.1) is 0 Å². The number of carbonyl (C=O) groups excluding carboxylic acids is 2. The minimum absolute atomic E-state index is 0.0123. The van der Waals surface area contributed by atoms with E-state index in [0.29, 0.717) is 26.2 Å². The molecule has 27 heavy (non-hydrogen) atoms. The van der Waals surface area contributed by atoms with Gasteiger partial charge in [0.25, 0.3) is 0 Å². The fourth-order valence-corrected chi connectivity index (χ4v) is 3.56. The summed E-state index contributed by atoms with van der Waals surface area (Å²) in [6.45, 7) is 8.08. The van der Waals surface area contributed by atoms with Crippen LogP contribution in [0.15, 0.2) is 6.07 Å². The van der Waals surface area contributed by atoms with Crippen LogP contribution in [0, 0.1) is 0 Å². The smallest absolute Gasteiger partial charge is 0.319 e. The van der Waals surface area contributed by atoms with Crippen LogP contribution in [0.3, 0.4) is 0 Å². The van der Waals surface area contributed by atoms with Crippen molar-refractivity contribution in [3.8, 4) is 0 Å². The summed E-state index contributed by atoms with van der Waals surface area (Å²) in [5.41, 5.74) is 1.84. The van der Waals surface area contributed by atoms with Gasteiger partial charge in [-0.2, -0.15) is 5.10 Å². The third kappa shape index (κ3) is 4.59. The Labute approximate surface area is 160 Å². The lowest BCUT2D eigenvalue weighted by atomic mass is 10.2. The monoisotopic (exact) mass is 377 g/mol. The third-order valence-electron chi connectivity index (χ3n) is 5.41. The number of carbonyl (C=O) groups is 2. The van der Waals surface area contributed by atoms with Gasteiger partial charge in [-0.1, -0.05) is 0 Å². The van der Waals surface area contributed by atoms with Crippen LogP contribution in [0.1, 0.15) is 18.3 Å². The molecule has 3 heterocycles. The zero-order valence-corrected chi connectivity index (χ0v) is 16.8. The number of rotatable bonds is 4. The standard InChI is InChI=1S/C18H31N7O2/c1-14(23-7-5-22(4)6-8-23)17(26)19-12-15-11-16-13-24(18(27)21(2)3)9-10-25(16)20-15/h11,14H,5-10,12-13H2,1-4H3,(H,19,26). The van der Waals surface area contributed by atoms with Gasteiger partial charge in [0.2, 0.25) is 5.91 Å². The number of amides is 3. The van der Waals surface area contributed by atoms with E-state index < -0.39 is 0 Å². The summed E-state index contributed by atoms with van der Waals surface area (Å²) in [6, 6.07) is 1.86. The van der Waals surface area contributed by atoms with Gasteiger partial charge in [0, 0.05) is 46.8 Å². The summed E-state index contributed by atoms with van der Waals surface area (Å²) in [5, 5.41) is 7.58. The fourth-order valence-electron chi connectivity index (χ4n) is 3.56. The molecule has 0 radical (unpaired) electrons. The van der Waals surface area contributed by atoms with E-state index in [0.717, 1.165) is 37.6 Å². The molecule has 0 aromatic carbocycles. The maximum absolute atomic E-state index is 12.5. The van der Waals surface area contributed by atoms with E-state index in [1.165, 1.54) is 0 Å². The zero-order valence-electron chi connectivity index (χ0n) is 16.8. The van der Waals surface area contributed by atoms with Crippen LogP contribution in [0.2, 0.25) is 0 Å². The second kappa shape index (κ2) is 8.26. The van der Waals surface area contributed by atoms with Gasteiger partial charge in [0.15, 0.2) is 0 Å². The van der Waals surface area contributed by atoms with Crippen LogP contribution in [-0.2, 0) is 24.4 Å². The van der Waals surface area contributed by atoms with Gasteiger partial charge in [0.1, 0.15) is 0 Å². The molecular formula is C18H31N7O2. The zero-order chi connectivity index (χ0) is 19.6. The molecule has 1 aromatic rings. The van der Waals surface area contributed by atoms with Crippen LogP contribution in [-0.4, -0.2) is 101 Å². The molecule has 1 unspecified atom stereocenters. The molecule has 1 N–H and O–H groups in total. The number of urea groups is 1. The molecule has 2 aliphatic rings. The van der Waals surface area contributed by atoms with Crippen molar-refractivity contribution in [3.63, 3.8) is 0 Å². The molecule has 1 aromatic heterocycles. The van der Waals surface area contributed by atoms with Gasteiger partial charge < -0.3 is 20.0 Å². The van der Waals surface area contributed by atoms with Gasteiger partial charge in [-0.25, -0.2) is 4.79 Å². The number of nitrogens with one attached hydrogen (secondary N) is 1. The second-order valence-electron chi connectivity index (χ2n) is 7.68. The van der Waals surface area contributed by atoms with Gasteiger partial charge in [-0.3, -0.25) is 14.4 Å². The maximum Gasteiger partial charge on any atom is 0.319 e. The molecule has 0 aliphatic carbocycles. The Balaban J connectivity index is 1.52. The second-order valence-corrected chi connectivity index (χ2v) is 7.68. The fraction of sp³-hybridized carbons (Fsp3) is 0.722. The molecular weight excluding hydrogens is 346 g/mol. The lowest BCUT2D eigenvalue weighted by molar-refractivity contribution is -0.126. The first-order valence-electron chi connectivity index (χ1n) is 9.57. The van der Waals surface area contributed by atoms with Crippen molar-refractivity contribution in [2.45, 2.75) is 32.6 Å². The lowest BCUT2D eigenvalue weighted by Crippen LogP contribution is -2.52.